The van der Waals surface area contributed by atoms with E-state index in [9.17, 15) is 5.11 Å². The average molecular weight is 304 g/mol. The molecular weight excluding hydrogens is 284 g/mol. The number of methoxy groups -OCH3 is 1. The number of rotatable bonds is 6. The molecule has 0 radical (unpaired) electrons. The lowest BCUT2D eigenvalue weighted by Crippen LogP contribution is -2.37. The molecule has 2 fully saturated rings. The van der Waals surface area contributed by atoms with Gasteiger partial charge in [0.15, 0.2) is 11.7 Å². The van der Waals surface area contributed by atoms with Crippen LogP contribution < -0.4 is 4.74 Å². The molecule has 1 heterocycles. The molecular formula is C17H20O5. The van der Waals surface area contributed by atoms with Crippen molar-refractivity contribution in [1.29, 1.82) is 0 Å². The molecule has 5 heteroatoms. The molecule has 2 aliphatic rings. The summed E-state index contributed by atoms with van der Waals surface area (Å²) in [6.07, 6.45) is 5.64. The minimum atomic E-state index is -0.710. The molecule has 5 nitrogen and oxygen atoms in total. The molecule has 3 rings (SSSR count). The van der Waals surface area contributed by atoms with Gasteiger partial charge in [-0.3, -0.25) is 0 Å². The molecule has 1 aliphatic heterocycles. The van der Waals surface area contributed by atoms with Gasteiger partial charge < -0.3 is 24.1 Å². The van der Waals surface area contributed by atoms with Gasteiger partial charge in [0, 0.05) is 0 Å². The highest BCUT2D eigenvalue weighted by Gasteiger charge is 2.69. The highest BCUT2D eigenvalue weighted by atomic mass is 16.7. The minimum Gasteiger partial charge on any atom is -0.497 e. The van der Waals surface area contributed by atoms with E-state index < -0.39 is 11.7 Å². The van der Waals surface area contributed by atoms with Crippen LogP contribution in [0.15, 0.2) is 24.3 Å². The zero-order chi connectivity index (χ0) is 15.6. The van der Waals surface area contributed by atoms with E-state index in [0.717, 1.165) is 17.7 Å². The predicted octanol–water partition coefficient (Wildman–Crippen LogP) is 1.48. The van der Waals surface area contributed by atoms with Crippen molar-refractivity contribution < 1.29 is 24.1 Å². The van der Waals surface area contributed by atoms with Crippen LogP contribution in [0, 0.1) is 12.3 Å². The van der Waals surface area contributed by atoms with Crippen molar-refractivity contribution in [3.8, 4) is 18.1 Å². The highest BCUT2D eigenvalue weighted by molar-refractivity contribution is 5.27. The molecule has 1 aromatic rings. The number of hydrogen-bond acceptors (Lipinski definition) is 5. The summed E-state index contributed by atoms with van der Waals surface area (Å²) in [5.41, 5.74) is 0.327. The summed E-state index contributed by atoms with van der Waals surface area (Å²) in [5, 5.41) is 10.0. The van der Waals surface area contributed by atoms with Crippen LogP contribution in [0.3, 0.4) is 0 Å². The Labute approximate surface area is 130 Å². The molecule has 1 aliphatic carbocycles. The van der Waals surface area contributed by atoms with Gasteiger partial charge in [0.25, 0.3) is 0 Å². The summed E-state index contributed by atoms with van der Waals surface area (Å²) >= 11 is 0. The largest absolute Gasteiger partial charge is 0.497 e. The van der Waals surface area contributed by atoms with Crippen LogP contribution in [0.1, 0.15) is 18.4 Å². The smallest absolute Gasteiger partial charge is 0.159 e. The molecule has 0 aromatic heterocycles. The van der Waals surface area contributed by atoms with Gasteiger partial charge in [0.2, 0.25) is 0 Å². The molecule has 118 valence electrons. The second-order valence-electron chi connectivity index (χ2n) is 5.58. The Morgan fingerprint density at radius 1 is 1.36 bits per heavy atom. The third kappa shape index (κ3) is 2.71. The summed E-state index contributed by atoms with van der Waals surface area (Å²) in [5.74, 6) is 3.36. The van der Waals surface area contributed by atoms with Crippen molar-refractivity contribution in [2.24, 2.45) is 0 Å². The standard InChI is InChI=1S/C17H20O5/c1-3-15-17(22-15)14(18)8-9-16(17)21-11-20-10-12-4-6-13(19-2)7-5-12/h1,4-7,14-16,18H,8-11H2,2H3/t14-,15+,16+,17+/m1/s1. The predicted molar refractivity (Wildman–Crippen MR) is 79.2 cm³/mol. The second kappa shape index (κ2) is 6.27. The van der Waals surface area contributed by atoms with Crippen molar-refractivity contribution in [2.75, 3.05) is 13.9 Å². The lowest BCUT2D eigenvalue weighted by molar-refractivity contribution is -0.117. The normalized spacial score (nSPS) is 32.9. The van der Waals surface area contributed by atoms with E-state index >= 15 is 0 Å². The molecule has 1 spiro atoms. The van der Waals surface area contributed by atoms with Crippen LogP contribution in [-0.2, 0) is 20.8 Å². The van der Waals surface area contributed by atoms with E-state index in [2.05, 4.69) is 5.92 Å². The number of epoxide rings is 1. The molecule has 0 amide bonds. The van der Waals surface area contributed by atoms with Crippen molar-refractivity contribution in [3.63, 3.8) is 0 Å². The zero-order valence-corrected chi connectivity index (χ0v) is 12.5. The fourth-order valence-corrected chi connectivity index (χ4v) is 3.03. The Hall–Kier alpha value is -1.58. The molecule has 0 unspecified atom stereocenters. The van der Waals surface area contributed by atoms with Crippen LogP contribution in [0.25, 0.3) is 0 Å². The van der Waals surface area contributed by atoms with E-state index in [1.165, 1.54) is 0 Å². The number of terminal acetylenes is 1. The lowest BCUT2D eigenvalue weighted by Gasteiger charge is -2.18. The summed E-state index contributed by atoms with van der Waals surface area (Å²) in [6, 6.07) is 7.66. The van der Waals surface area contributed by atoms with Crippen LogP contribution in [-0.4, -0.2) is 42.9 Å². The minimum absolute atomic E-state index is 0.145. The van der Waals surface area contributed by atoms with E-state index in [-0.39, 0.29) is 19.0 Å². The van der Waals surface area contributed by atoms with Gasteiger partial charge in [-0.05, 0) is 30.5 Å². The van der Waals surface area contributed by atoms with E-state index in [1.54, 1.807) is 7.11 Å². The maximum atomic E-state index is 10.0. The number of hydrogen-bond donors (Lipinski definition) is 1. The van der Waals surface area contributed by atoms with Crippen molar-refractivity contribution >= 4 is 0 Å². The zero-order valence-electron chi connectivity index (χ0n) is 12.5. The SMILES string of the molecule is C#C[C@@H]1O[C@@]12[C@H](O)CC[C@@H]2OCOCc1ccc(OC)cc1. The number of aliphatic hydroxyl groups excluding tert-OH is 1. The van der Waals surface area contributed by atoms with E-state index in [0.29, 0.717) is 13.0 Å². The summed E-state index contributed by atoms with van der Waals surface area (Å²) in [6.45, 7) is 0.595. The molecule has 1 saturated heterocycles. The second-order valence-corrected chi connectivity index (χ2v) is 5.58. The van der Waals surface area contributed by atoms with Gasteiger partial charge >= 0.3 is 0 Å². The van der Waals surface area contributed by atoms with Gasteiger partial charge in [-0.25, -0.2) is 0 Å². The third-order valence-electron chi connectivity index (χ3n) is 4.33. The molecule has 1 saturated carbocycles. The molecule has 22 heavy (non-hydrogen) atoms. The molecule has 1 N–H and O–H groups in total. The van der Waals surface area contributed by atoms with E-state index in [4.69, 9.17) is 25.4 Å². The van der Waals surface area contributed by atoms with Gasteiger partial charge in [-0.15, -0.1) is 6.42 Å². The molecule has 1 aromatic carbocycles. The van der Waals surface area contributed by atoms with Gasteiger partial charge in [-0.1, -0.05) is 18.1 Å². The van der Waals surface area contributed by atoms with Crippen molar-refractivity contribution in [3.05, 3.63) is 29.8 Å². The van der Waals surface area contributed by atoms with Crippen LogP contribution >= 0.6 is 0 Å². The molecule has 0 bridgehead atoms. The Balaban J connectivity index is 1.44. The van der Waals surface area contributed by atoms with Crippen molar-refractivity contribution in [1.82, 2.24) is 0 Å². The fourth-order valence-electron chi connectivity index (χ4n) is 3.03. The monoisotopic (exact) mass is 304 g/mol. The maximum absolute atomic E-state index is 10.0. The highest BCUT2D eigenvalue weighted by Crippen LogP contribution is 2.50. The van der Waals surface area contributed by atoms with Gasteiger partial charge in [-0.2, -0.15) is 0 Å². The summed E-state index contributed by atoms with van der Waals surface area (Å²) in [7, 11) is 1.63. The Bertz CT molecular complexity index is 549. The Morgan fingerprint density at radius 3 is 2.77 bits per heavy atom. The third-order valence-corrected chi connectivity index (χ3v) is 4.33. The number of ether oxygens (including phenoxy) is 4. The first-order valence-electron chi connectivity index (χ1n) is 7.35. The quantitative estimate of drug-likeness (QED) is 0.373. The first-order chi connectivity index (χ1) is 10.7. The molecule has 4 atom stereocenters. The lowest BCUT2D eigenvalue weighted by atomic mass is 9.99. The van der Waals surface area contributed by atoms with Crippen LogP contribution in [0.4, 0.5) is 0 Å². The number of benzene rings is 1. The fraction of sp³-hybridized carbons (Fsp3) is 0.529. The Morgan fingerprint density at radius 2 is 2.14 bits per heavy atom. The summed E-state index contributed by atoms with van der Waals surface area (Å²) < 4.78 is 21.9. The first-order valence-corrected chi connectivity index (χ1v) is 7.35. The average Bonchev–Trinajstić information content (AvgIpc) is 3.22. The van der Waals surface area contributed by atoms with E-state index in [1.807, 2.05) is 24.3 Å². The van der Waals surface area contributed by atoms with Crippen molar-refractivity contribution in [2.45, 2.75) is 43.4 Å². The van der Waals surface area contributed by atoms with Gasteiger partial charge in [0.05, 0.1) is 25.9 Å². The van der Waals surface area contributed by atoms with Gasteiger partial charge in [0.1, 0.15) is 12.5 Å². The summed E-state index contributed by atoms with van der Waals surface area (Å²) in [4.78, 5) is 0. The Kier molecular flexibility index (Phi) is 4.37. The first kappa shape index (κ1) is 15.3. The maximum Gasteiger partial charge on any atom is 0.159 e. The topological polar surface area (TPSA) is 60.5 Å². The number of aliphatic hydroxyl groups is 1. The van der Waals surface area contributed by atoms with Crippen LogP contribution in [0.5, 0.6) is 5.75 Å². The van der Waals surface area contributed by atoms with Crippen LogP contribution in [0.2, 0.25) is 0 Å².